The SMILES string of the molecule is Cc1nsc(NC(=O)N2CCC(CO)CC2)n1. The van der Waals surface area contributed by atoms with Crippen LogP contribution in [0.4, 0.5) is 9.93 Å². The molecular formula is C10H16N4O2S. The van der Waals surface area contributed by atoms with Crippen LogP contribution in [0.5, 0.6) is 0 Å². The Hall–Kier alpha value is -1.21. The fourth-order valence-corrected chi connectivity index (χ4v) is 2.40. The standard InChI is InChI=1S/C10H16N4O2S/c1-7-11-9(17-13-7)12-10(16)14-4-2-8(6-15)3-5-14/h8,15H,2-6H2,1H3,(H,11,12,13,16). The maximum atomic E-state index is 11.9. The number of aliphatic hydroxyl groups excluding tert-OH is 1. The molecule has 0 radical (unpaired) electrons. The number of aryl methyl sites for hydroxylation is 1. The van der Waals surface area contributed by atoms with E-state index in [0.717, 1.165) is 12.8 Å². The van der Waals surface area contributed by atoms with Crippen molar-refractivity contribution in [3.05, 3.63) is 5.82 Å². The van der Waals surface area contributed by atoms with Crippen molar-refractivity contribution in [2.75, 3.05) is 25.0 Å². The zero-order valence-corrected chi connectivity index (χ0v) is 10.5. The summed E-state index contributed by atoms with van der Waals surface area (Å²) in [6.45, 7) is 3.38. The van der Waals surface area contributed by atoms with Gasteiger partial charge in [-0.25, -0.2) is 9.78 Å². The van der Waals surface area contributed by atoms with E-state index in [4.69, 9.17) is 5.11 Å². The van der Waals surface area contributed by atoms with E-state index in [0.29, 0.717) is 30.0 Å². The second kappa shape index (κ2) is 5.42. The van der Waals surface area contributed by atoms with Crippen LogP contribution < -0.4 is 5.32 Å². The van der Waals surface area contributed by atoms with Gasteiger partial charge in [0.25, 0.3) is 0 Å². The van der Waals surface area contributed by atoms with Crippen molar-refractivity contribution in [2.24, 2.45) is 5.92 Å². The van der Waals surface area contributed by atoms with Crippen molar-refractivity contribution >= 4 is 22.7 Å². The molecule has 2 amide bonds. The van der Waals surface area contributed by atoms with Crippen molar-refractivity contribution in [2.45, 2.75) is 19.8 Å². The van der Waals surface area contributed by atoms with E-state index in [1.54, 1.807) is 11.8 Å². The van der Waals surface area contributed by atoms with E-state index in [1.165, 1.54) is 11.5 Å². The van der Waals surface area contributed by atoms with Crippen LogP contribution in [0.1, 0.15) is 18.7 Å². The third-order valence-corrected chi connectivity index (χ3v) is 3.62. The fraction of sp³-hybridized carbons (Fsp3) is 0.700. The molecule has 0 unspecified atom stereocenters. The van der Waals surface area contributed by atoms with E-state index < -0.39 is 0 Å². The Morgan fingerprint density at radius 3 is 2.82 bits per heavy atom. The summed E-state index contributed by atoms with van der Waals surface area (Å²) in [4.78, 5) is 17.7. The van der Waals surface area contributed by atoms with Gasteiger partial charge in [0.15, 0.2) is 0 Å². The van der Waals surface area contributed by atoms with Crippen molar-refractivity contribution in [3.8, 4) is 0 Å². The predicted molar refractivity (Wildman–Crippen MR) is 65.0 cm³/mol. The number of amides is 2. The molecule has 0 aromatic carbocycles. The Morgan fingerprint density at radius 1 is 1.59 bits per heavy atom. The lowest BCUT2D eigenvalue weighted by Crippen LogP contribution is -2.41. The highest BCUT2D eigenvalue weighted by Gasteiger charge is 2.22. The third-order valence-electron chi connectivity index (χ3n) is 2.90. The summed E-state index contributed by atoms with van der Waals surface area (Å²) in [6, 6.07) is -0.127. The van der Waals surface area contributed by atoms with Crippen LogP contribution in [0.3, 0.4) is 0 Å². The Balaban J connectivity index is 1.85. The number of hydrogen-bond acceptors (Lipinski definition) is 5. The molecule has 2 rings (SSSR count). The van der Waals surface area contributed by atoms with E-state index in [9.17, 15) is 4.79 Å². The number of carbonyl (C=O) groups is 1. The van der Waals surface area contributed by atoms with Crippen molar-refractivity contribution < 1.29 is 9.90 Å². The summed E-state index contributed by atoms with van der Waals surface area (Å²) >= 11 is 1.19. The number of carbonyl (C=O) groups excluding carboxylic acids is 1. The first kappa shape index (κ1) is 12.3. The lowest BCUT2D eigenvalue weighted by atomic mass is 9.98. The summed E-state index contributed by atoms with van der Waals surface area (Å²) in [5, 5.41) is 12.3. The molecule has 0 aliphatic carbocycles. The fourth-order valence-electron chi connectivity index (χ4n) is 1.84. The van der Waals surface area contributed by atoms with E-state index >= 15 is 0 Å². The molecule has 7 heteroatoms. The van der Waals surface area contributed by atoms with E-state index in [1.807, 2.05) is 0 Å². The molecule has 1 aliphatic rings. The summed E-state index contributed by atoms with van der Waals surface area (Å²) in [7, 11) is 0. The lowest BCUT2D eigenvalue weighted by molar-refractivity contribution is 0.143. The Morgan fingerprint density at radius 2 is 2.29 bits per heavy atom. The van der Waals surface area contributed by atoms with E-state index in [-0.39, 0.29) is 12.6 Å². The first-order valence-electron chi connectivity index (χ1n) is 5.66. The number of hydrogen-bond donors (Lipinski definition) is 2. The largest absolute Gasteiger partial charge is 0.396 e. The minimum Gasteiger partial charge on any atom is -0.396 e. The number of urea groups is 1. The van der Waals surface area contributed by atoms with Gasteiger partial charge in [-0.1, -0.05) is 0 Å². The van der Waals surface area contributed by atoms with Gasteiger partial charge in [0, 0.05) is 31.2 Å². The first-order chi connectivity index (χ1) is 8.19. The highest BCUT2D eigenvalue weighted by Crippen LogP contribution is 2.18. The van der Waals surface area contributed by atoms with Gasteiger partial charge in [0.05, 0.1) is 0 Å². The van der Waals surface area contributed by atoms with Crippen LogP contribution in [0, 0.1) is 12.8 Å². The molecule has 1 aliphatic heterocycles. The highest BCUT2D eigenvalue weighted by atomic mass is 32.1. The molecule has 94 valence electrons. The number of nitrogens with one attached hydrogen (secondary N) is 1. The zero-order valence-electron chi connectivity index (χ0n) is 9.72. The highest BCUT2D eigenvalue weighted by molar-refractivity contribution is 7.09. The minimum atomic E-state index is -0.127. The predicted octanol–water partition coefficient (Wildman–Crippen LogP) is 1.08. The van der Waals surface area contributed by atoms with Gasteiger partial charge in [0.2, 0.25) is 5.13 Å². The number of rotatable bonds is 2. The average molecular weight is 256 g/mol. The van der Waals surface area contributed by atoms with Crippen LogP contribution in [-0.4, -0.2) is 45.1 Å². The van der Waals surface area contributed by atoms with Crippen LogP contribution in [0.15, 0.2) is 0 Å². The maximum Gasteiger partial charge on any atom is 0.323 e. The number of anilines is 1. The smallest absolute Gasteiger partial charge is 0.323 e. The number of nitrogens with zero attached hydrogens (tertiary/aromatic N) is 3. The third kappa shape index (κ3) is 3.13. The minimum absolute atomic E-state index is 0.127. The first-order valence-corrected chi connectivity index (χ1v) is 6.43. The summed E-state index contributed by atoms with van der Waals surface area (Å²) in [5.74, 6) is 1.01. The molecule has 0 bridgehead atoms. The molecule has 1 fully saturated rings. The normalized spacial score (nSPS) is 17.2. The van der Waals surface area contributed by atoms with Gasteiger partial charge in [0.1, 0.15) is 5.82 Å². The zero-order chi connectivity index (χ0) is 12.3. The Bertz CT molecular complexity index is 387. The molecule has 2 N–H and O–H groups in total. The number of aliphatic hydroxyl groups is 1. The maximum absolute atomic E-state index is 11.9. The summed E-state index contributed by atoms with van der Waals surface area (Å²) < 4.78 is 4.00. The average Bonchev–Trinajstić information content (AvgIpc) is 2.75. The van der Waals surface area contributed by atoms with E-state index in [2.05, 4.69) is 14.7 Å². The second-order valence-corrected chi connectivity index (χ2v) is 4.94. The van der Waals surface area contributed by atoms with Crippen molar-refractivity contribution in [3.63, 3.8) is 0 Å². The molecular weight excluding hydrogens is 240 g/mol. The van der Waals surface area contributed by atoms with Crippen molar-refractivity contribution in [1.82, 2.24) is 14.3 Å². The Kier molecular flexibility index (Phi) is 3.90. The molecule has 2 heterocycles. The topological polar surface area (TPSA) is 78.4 Å². The van der Waals surface area contributed by atoms with Crippen molar-refractivity contribution in [1.29, 1.82) is 0 Å². The second-order valence-electron chi connectivity index (χ2n) is 4.19. The lowest BCUT2D eigenvalue weighted by Gasteiger charge is -2.30. The number of aromatic nitrogens is 2. The van der Waals surface area contributed by atoms with Gasteiger partial charge in [-0.2, -0.15) is 4.37 Å². The van der Waals surface area contributed by atoms with Crippen LogP contribution >= 0.6 is 11.5 Å². The number of piperidine rings is 1. The quantitative estimate of drug-likeness (QED) is 0.830. The molecule has 0 spiro atoms. The van der Waals surface area contributed by atoms with Crippen LogP contribution in [0.2, 0.25) is 0 Å². The van der Waals surface area contributed by atoms with Gasteiger partial charge >= 0.3 is 6.03 Å². The summed E-state index contributed by atoms with van der Waals surface area (Å²) in [5.41, 5.74) is 0. The van der Waals surface area contributed by atoms with Gasteiger partial charge < -0.3 is 10.0 Å². The molecule has 0 atom stereocenters. The molecule has 17 heavy (non-hydrogen) atoms. The molecule has 1 aromatic heterocycles. The molecule has 1 aromatic rings. The van der Waals surface area contributed by atoms with Gasteiger partial charge in [-0.3, -0.25) is 5.32 Å². The summed E-state index contributed by atoms with van der Waals surface area (Å²) in [6.07, 6.45) is 1.72. The molecule has 6 nitrogen and oxygen atoms in total. The van der Waals surface area contributed by atoms with Crippen LogP contribution in [-0.2, 0) is 0 Å². The van der Waals surface area contributed by atoms with Gasteiger partial charge in [-0.15, -0.1) is 0 Å². The van der Waals surface area contributed by atoms with Crippen LogP contribution in [0.25, 0.3) is 0 Å². The molecule has 0 saturated carbocycles. The monoisotopic (exact) mass is 256 g/mol. The van der Waals surface area contributed by atoms with Gasteiger partial charge in [-0.05, 0) is 25.7 Å². The number of likely N-dealkylation sites (tertiary alicyclic amines) is 1. The molecule has 1 saturated heterocycles. The Labute approximate surface area is 104 Å².